The van der Waals surface area contributed by atoms with E-state index in [0.717, 1.165) is 18.7 Å². The van der Waals surface area contributed by atoms with Crippen molar-refractivity contribution in [1.82, 2.24) is 10.6 Å². The molecular weight excluding hydrogens is 256 g/mol. The van der Waals surface area contributed by atoms with E-state index in [1.807, 2.05) is 0 Å². The number of rotatable bonds is 14. The van der Waals surface area contributed by atoms with Gasteiger partial charge in [-0.25, -0.2) is 0 Å². The number of amides is 1. The fourth-order valence-corrected chi connectivity index (χ4v) is 1.34. The van der Waals surface area contributed by atoms with Gasteiger partial charge in [0.15, 0.2) is 0 Å². The van der Waals surface area contributed by atoms with Crippen molar-refractivity contribution in [3.05, 3.63) is 12.3 Å². The van der Waals surface area contributed by atoms with Gasteiger partial charge in [0.25, 0.3) is 0 Å². The second-order valence-electron chi connectivity index (χ2n) is 5.25. The Morgan fingerprint density at radius 2 is 1.80 bits per heavy atom. The lowest BCUT2D eigenvalue weighted by molar-refractivity contribution is -0.109. The molecule has 5 heteroatoms. The van der Waals surface area contributed by atoms with Crippen LogP contribution in [0, 0.1) is 11.8 Å². The predicted molar refractivity (Wildman–Crippen MR) is 81.5 cm³/mol. The minimum Gasteiger partial charge on any atom is -0.388 e. The van der Waals surface area contributed by atoms with Crippen LogP contribution in [0.2, 0.25) is 0 Å². The van der Waals surface area contributed by atoms with Gasteiger partial charge in [0, 0.05) is 25.2 Å². The van der Waals surface area contributed by atoms with Gasteiger partial charge in [0.2, 0.25) is 6.41 Å². The van der Waals surface area contributed by atoms with E-state index >= 15 is 0 Å². The quantitative estimate of drug-likeness (QED) is 0.376. The first-order valence-electron chi connectivity index (χ1n) is 7.32. The van der Waals surface area contributed by atoms with Crippen molar-refractivity contribution in [2.24, 2.45) is 11.8 Å². The van der Waals surface area contributed by atoms with Crippen LogP contribution in [0.25, 0.3) is 0 Å². The van der Waals surface area contributed by atoms with E-state index in [9.17, 15) is 4.79 Å². The van der Waals surface area contributed by atoms with Gasteiger partial charge in [-0.1, -0.05) is 27.4 Å². The van der Waals surface area contributed by atoms with E-state index in [1.54, 1.807) is 0 Å². The number of nitrogens with one attached hydrogen (secondary N) is 2. The summed E-state index contributed by atoms with van der Waals surface area (Å²) in [5.74, 6) is 1.32. The molecule has 0 radical (unpaired) electrons. The summed E-state index contributed by atoms with van der Waals surface area (Å²) in [7, 11) is 0. The summed E-state index contributed by atoms with van der Waals surface area (Å²) >= 11 is 0. The molecule has 0 heterocycles. The summed E-state index contributed by atoms with van der Waals surface area (Å²) in [5.41, 5.74) is 1.02. The van der Waals surface area contributed by atoms with E-state index in [2.05, 4.69) is 38.0 Å². The fourth-order valence-electron chi connectivity index (χ4n) is 1.34. The molecular formula is C15H30N2O3. The zero-order valence-corrected chi connectivity index (χ0v) is 13.1. The monoisotopic (exact) mass is 286 g/mol. The van der Waals surface area contributed by atoms with Gasteiger partial charge in [-0.15, -0.1) is 0 Å². The Bertz CT molecular complexity index is 258. The summed E-state index contributed by atoms with van der Waals surface area (Å²) in [6.07, 6.45) is 1.48. The Hall–Kier alpha value is -1.07. The highest BCUT2D eigenvalue weighted by Gasteiger charge is 2.06. The molecule has 0 spiro atoms. The van der Waals surface area contributed by atoms with Crippen molar-refractivity contribution in [1.29, 1.82) is 0 Å². The first-order valence-corrected chi connectivity index (χ1v) is 7.32. The summed E-state index contributed by atoms with van der Waals surface area (Å²) in [4.78, 5) is 9.97. The van der Waals surface area contributed by atoms with Crippen molar-refractivity contribution < 1.29 is 14.3 Å². The lowest BCUT2D eigenvalue weighted by Crippen LogP contribution is -2.24. The lowest BCUT2D eigenvalue weighted by atomic mass is 9.98. The third-order valence-electron chi connectivity index (χ3n) is 3.21. The number of hydrogen-bond donors (Lipinski definition) is 2. The van der Waals surface area contributed by atoms with E-state index in [0.29, 0.717) is 51.2 Å². The summed E-state index contributed by atoms with van der Waals surface area (Å²) in [5, 5.41) is 5.87. The Morgan fingerprint density at radius 1 is 1.15 bits per heavy atom. The van der Waals surface area contributed by atoms with E-state index in [4.69, 9.17) is 9.47 Å². The number of hydrogen-bond acceptors (Lipinski definition) is 4. The molecule has 0 fully saturated rings. The fraction of sp³-hybridized carbons (Fsp3) is 0.800. The molecule has 0 aliphatic heterocycles. The minimum atomic E-state index is 0.517. The third-order valence-corrected chi connectivity index (χ3v) is 3.21. The van der Waals surface area contributed by atoms with Gasteiger partial charge in [0.05, 0.1) is 26.4 Å². The van der Waals surface area contributed by atoms with Crippen LogP contribution in [0.3, 0.4) is 0 Å². The molecule has 0 aliphatic rings. The highest BCUT2D eigenvalue weighted by molar-refractivity contribution is 5.45. The average molecular weight is 286 g/mol. The number of ether oxygens (including phenoxy) is 2. The SMILES string of the molecule is C=C(CCOCCOCCNC=O)NCC(C)C(C)C. The molecule has 2 N–H and O–H groups in total. The highest BCUT2D eigenvalue weighted by atomic mass is 16.5. The highest BCUT2D eigenvalue weighted by Crippen LogP contribution is 2.08. The van der Waals surface area contributed by atoms with Crippen molar-refractivity contribution in [3.8, 4) is 0 Å². The van der Waals surface area contributed by atoms with E-state index in [-0.39, 0.29) is 0 Å². The summed E-state index contributed by atoms with van der Waals surface area (Å²) < 4.78 is 10.7. The lowest BCUT2D eigenvalue weighted by Gasteiger charge is -2.18. The van der Waals surface area contributed by atoms with Crippen LogP contribution < -0.4 is 10.6 Å². The van der Waals surface area contributed by atoms with Crippen molar-refractivity contribution >= 4 is 6.41 Å². The third kappa shape index (κ3) is 12.0. The Labute approximate surface area is 123 Å². The molecule has 0 rings (SSSR count). The van der Waals surface area contributed by atoms with E-state index in [1.165, 1.54) is 0 Å². The molecule has 0 aliphatic carbocycles. The molecule has 0 aromatic rings. The molecule has 1 atom stereocenters. The van der Waals surface area contributed by atoms with Gasteiger partial charge in [-0.3, -0.25) is 4.79 Å². The molecule has 0 aromatic heterocycles. The van der Waals surface area contributed by atoms with Crippen molar-refractivity contribution in [2.45, 2.75) is 27.2 Å². The van der Waals surface area contributed by atoms with Crippen LogP contribution in [-0.4, -0.2) is 45.9 Å². The van der Waals surface area contributed by atoms with Gasteiger partial charge >= 0.3 is 0 Å². The second kappa shape index (κ2) is 12.9. The molecule has 118 valence electrons. The molecule has 20 heavy (non-hydrogen) atoms. The standard InChI is InChI=1S/C15H30N2O3/c1-13(2)14(3)11-17-15(4)5-7-19-9-10-20-8-6-16-12-18/h12-14,17H,4-11H2,1-3H3,(H,16,18). The molecule has 1 amide bonds. The maximum Gasteiger partial charge on any atom is 0.207 e. The Morgan fingerprint density at radius 3 is 2.40 bits per heavy atom. The van der Waals surface area contributed by atoms with Gasteiger partial charge in [0.1, 0.15) is 0 Å². The van der Waals surface area contributed by atoms with Crippen LogP contribution in [0.4, 0.5) is 0 Å². The molecule has 0 saturated heterocycles. The number of carbonyl (C=O) groups is 1. The van der Waals surface area contributed by atoms with Gasteiger partial charge < -0.3 is 20.1 Å². The number of carbonyl (C=O) groups excluding carboxylic acids is 1. The van der Waals surface area contributed by atoms with Gasteiger partial charge in [-0.05, 0) is 11.8 Å². The Kier molecular flexibility index (Phi) is 12.2. The predicted octanol–water partition coefficient (Wildman–Crippen LogP) is 1.55. The first kappa shape index (κ1) is 18.9. The van der Waals surface area contributed by atoms with Crippen molar-refractivity contribution in [2.75, 3.05) is 39.5 Å². The van der Waals surface area contributed by atoms with Crippen LogP contribution in [0.1, 0.15) is 27.2 Å². The van der Waals surface area contributed by atoms with Crippen molar-refractivity contribution in [3.63, 3.8) is 0 Å². The maximum atomic E-state index is 9.97. The summed E-state index contributed by atoms with van der Waals surface area (Å²) in [6, 6.07) is 0. The normalized spacial score (nSPS) is 12.2. The molecule has 0 saturated carbocycles. The molecule has 1 unspecified atom stereocenters. The second-order valence-corrected chi connectivity index (χ2v) is 5.25. The first-order chi connectivity index (χ1) is 9.57. The smallest absolute Gasteiger partial charge is 0.207 e. The zero-order valence-electron chi connectivity index (χ0n) is 13.1. The van der Waals surface area contributed by atoms with Gasteiger partial charge in [-0.2, -0.15) is 0 Å². The topological polar surface area (TPSA) is 59.6 Å². The summed E-state index contributed by atoms with van der Waals surface area (Å²) in [6.45, 7) is 14.5. The van der Waals surface area contributed by atoms with Crippen LogP contribution >= 0.6 is 0 Å². The maximum absolute atomic E-state index is 9.97. The molecule has 5 nitrogen and oxygen atoms in total. The Balaban J connectivity index is 3.29. The molecule has 0 bridgehead atoms. The zero-order chi connectivity index (χ0) is 15.2. The van der Waals surface area contributed by atoms with Crippen LogP contribution in [-0.2, 0) is 14.3 Å². The minimum absolute atomic E-state index is 0.517. The average Bonchev–Trinajstić information content (AvgIpc) is 2.42. The van der Waals surface area contributed by atoms with E-state index < -0.39 is 0 Å². The molecule has 0 aromatic carbocycles. The van der Waals surface area contributed by atoms with Crippen LogP contribution in [0.5, 0.6) is 0 Å². The largest absolute Gasteiger partial charge is 0.388 e. The van der Waals surface area contributed by atoms with Crippen LogP contribution in [0.15, 0.2) is 12.3 Å².